The van der Waals surface area contributed by atoms with Gasteiger partial charge in [0.1, 0.15) is 29.0 Å². The number of halogens is 1. The number of carboxylic acids is 1. The number of H-pyrrole nitrogens is 1. The molecule has 1 aliphatic rings. The van der Waals surface area contributed by atoms with Gasteiger partial charge in [-0.15, -0.1) is 0 Å². The average molecular weight is 381 g/mol. The van der Waals surface area contributed by atoms with Crippen LogP contribution in [-0.2, 0) is 0 Å². The van der Waals surface area contributed by atoms with E-state index < -0.39 is 11.8 Å². The third-order valence-corrected chi connectivity index (χ3v) is 4.92. The third-order valence-electron chi connectivity index (χ3n) is 4.92. The largest absolute Gasteiger partial charge is 0.478 e. The predicted octanol–water partition coefficient (Wildman–Crippen LogP) is 3.05. The molecule has 3 N–H and O–H groups in total. The lowest BCUT2D eigenvalue weighted by atomic mass is 10.1. The zero-order valence-corrected chi connectivity index (χ0v) is 14.8. The fraction of sp³-hybridized carbons (Fsp3) is 0.278. The van der Waals surface area contributed by atoms with Crippen LogP contribution in [0.1, 0.15) is 48.0 Å². The predicted molar refractivity (Wildman–Crippen MR) is 98.6 cm³/mol. The zero-order valence-electron chi connectivity index (χ0n) is 14.8. The lowest BCUT2D eigenvalue weighted by molar-refractivity contribution is 0.0693. The fourth-order valence-corrected chi connectivity index (χ4v) is 3.54. The second kappa shape index (κ2) is 5.98. The van der Waals surface area contributed by atoms with Gasteiger partial charge < -0.3 is 20.0 Å². The first-order chi connectivity index (χ1) is 13.5. The van der Waals surface area contributed by atoms with Crippen molar-refractivity contribution in [3.8, 4) is 0 Å². The molecule has 0 spiro atoms. The first kappa shape index (κ1) is 16.6. The SMILES string of the molecule is C[C@H](Nc1ncnc2nc[nH]c12)c1nc2ccc(F)c(C(=O)O)c2n1C1CC1. The van der Waals surface area contributed by atoms with Crippen LogP contribution in [0.4, 0.5) is 10.2 Å². The molecule has 4 aromatic rings. The van der Waals surface area contributed by atoms with Crippen LogP contribution in [0.2, 0.25) is 0 Å². The maximum atomic E-state index is 14.3. The van der Waals surface area contributed by atoms with Crippen molar-refractivity contribution in [1.82, 2.24) is 29.5 Å². The Kier molecular flexibility index (Phi) is 3.54. The van der Waals surface area contributed by atoms with Gasteiger partial charge in [-0.05, 0) is 31.9 Å². The van der Waals surface area contributed by atoms with Crippen LogP contribution >= 0.6 is 0 Å². The van der Waals surface area contributed by atoms with Crippen LogP contribution < -0.4 is 5.32 Å². The maximum Gasteiger partial charge on any atom is 0.340 e. The number of carbonyl (C=O) groups is 1. The van der Waals surface area contributed by atoms with E-state index in [1.165, 1.54) is 18.7 Å². The van der Waals surface area contributed by atoms with E-state index in [1.54, 1.807) is 0 Å². The number of aromatic carboxylic acids is 1. The van der Waals surface area contributed by atoms with Crippen molar-refractivity contribution in [2.45, 2.75) is 31.8 Å². The number of rotatable bonds is 5. The summed E-state index contributed by atoms with van der Waals surface area (Å²) in [7, 11) is 0. The first-order valence-electron chi connectivity index (χ1n) is 8.89. The van der Waals surface area contributed by atoms with Gasteiger partial charge in [0.25, 0.3) is 0 Å². The Balaban J connectivity index is 1.64. The van der Waals surface area contributed by atoms with Gasteiger partial charge in [-0.25, -0.2) is 29.1 Å². The fourth-order valence-electron chi connectivity index (χ4n) is 3.54. The van der Waals surface area contributed by atoms with Crippen molar-refractivity contribution >= 4 is 34.0 Å². The molecule has 1 fully saturated rings. The highest BCUT2D eigenvalue weighted by Gasteiger charge is 2.33. The zero-order chi connectivity index (χ0) is 19.4. The highest BCUT2D eigenvalue weighted by Crippen LogP contribution is 2.41. The minimum absolute atomic E-state index is 0.113. The van der Waals surface area contributed by atoms with Crippen molar-refractivity contribution in [1.29, 1.82) is 0 Å². The van der Waals surface area contributed by atoms with Crippen molar-refractivity contribution in [2.24, 2.45) is 0 Å². The summed E-state index contributed by atoms with van der Waals surface area (Å²) in [5.74, 6) is -0.859. The number of anilines is 1. The topological polar surface area (TPSA) is 122 Å². The van der Waals surface area contributed by atoms with Crippen LogP contribution in [0.15, 0.2) is 24.8 Å². The molecule has 0 unspecified atom stereocenters. The summed E-state index contributed by atoms with van der Waals surface area (Å²) in [6.07, 6.45) is 4.76. The lowest BCUT2D eigenvalue weighted by Crippen LogP contribution is -2.15. The van der Waals surface area contributed by atoms with Crippen LogP contribution in [-0.4, -0.2) is 40.6 Å². The number of hydrogen-bond acceptors (Lipinski definition) is 6. The van der Waals surface area contributed by atoms with Gasteiger partial charge >= 0.3 is 5.97 Å². The molecule has 28 heavy (non-hydrogen) atoms. The normalized spacial score (nSPS) is 15.2. The summed E-state index contributed by atoms with van der Waals surface area (Å²) in [6.45, 7) is 1.90. The number of carboxylic acid groups (broad SMARTS) is 1. The molecule has 1 saturated carbocycles. The quantitative estimate of drug-likeness (QED) is 0.486. The summed E-state index contributed by atoms with van der Waals surface area (Å²) in [5.41, 5.74) is 1.65. The van der Waals surface area contributed by atoms with Crippen molar-refractivity contribution < 1.29 is 14.3 Å². The van der Waals surface area contributed by atoms with E-state index in [4.69, 9.17) is 0 Å². The smallest absolute Gasteiger partial charge is 0.340 e. The van der Waals surface area contributed by atoms with Crippen molar-refractivity contribution in [3.63, 3.8) is 0 Å². The number of nitrogens with zero attached hydrogens (tertiary/aromatic N) is 5. The van der Waals surface area contributed by atoms with E-state index in [0.29, 0.717) is 33.8 Å². The van der Waals surface area contributed by atoms with Crippen LogP contribution in [0.25, 0.3) is 22.2 Å². The Morgan fingerprint density at radius 3 is 2.93 bits per heavy atom. The maximum absolute atomic E-state index is 14.3. The number of benzene rings is 1. The average Bonchev–Trinajstić information content (AvgIpc) is 3.25. The van der Waals surface area contributed by atoms with E-state index in [9.17, 15) is 14.3 Å². The number of nitrogens with one attached hydrogen (secondary N) is 2. The molecule has 1 aliphatic carbocycles. The summed E-state index contributed by atoms with van der Waals surface area (Å²) in [5, 5.41) is 12.8. The highest BCUT2D eigenvalue weighted by atomic mass is 19.1. The van der Waals surface area contributed by atoms with Gasteiger partial charge in [-0.2, -0.15) is 0 Å². The molecular weight excluding hydrogens is 365 g/mol. The minimum Gasteiger partial charge on any atom is -0.478 e. The molecule has 3 aromatic heterocycles. The Morgan fingerprint density at radius 1 is 1.36 bits per heavy atom. The molecule has 0 amide bonds. The number of aromatic nitrogens is 6. The molecule has 5 rings (SSSR count). The third kappa shape index (κ3) is 2.48. The molecule has 9 nitrogen and oxygen atoms in total. The summed E-state index contributed by atoms with van der Waals surface area (Å²) >= 11 is 0. The molecule has 0 radical (unpaired) electrons. The first-order valence-corrected chi connectivity index (χ1v) is 8.89. The van der Waals surface area contributed by atoms with Gasteiger partial charge in [0.15, 0.2) is 11.5 Å². The second-order valence-corrected chi connectivity index (χ2v) is 6.86. The van der Waals surface area contributed by atoms with E-state index in [0.717, 1.165) is 18.9 Å². The summed E-state index contributed by atoms with van der Waals surface area (Å²) in [4.78, 5) is 31.8. The number of hydrogen-bond donors (Lipinski definition) is 3. The van der Waals surface area contributed by atoms with E-state index in [1.807, 2.05) is 11.5 Å². The Bertz CT molecular complexity index is 1230. The molecule has 1 aromatic carbocycles. The van der Waals surface area contributed by atoms with Crippen molar-refractivity contribution in [3.05, 3.63) is 42.0 Å². The van der Waals surface area contributed by atoms with Gasteiger partial charge in [0, 0.05) is 6.04 Å². The second-order valence-electron chi connectivity index (χ2n) is 6.86. The van der Waals surface area contributed by atoms with E-state index >= 15 is 0 Å². The molecule has 0 saturated heterocycles. The van der Waals surface area contributed by atoms with Crippen LogP contribution in [0, 0.1) is 5.82 Å². The number of imidazole rings is 2. The summed E-state index contributed by atoms with van der Waals surface area (Å²) in [6, 6.07) is 2.47. The number of fused-ring (bicyclic) bond motifs is 2. The Morgan fingerprint density at radius 2 is 2.18 bits per heavy atom. The molecule has 142 valence electrons. The Labute approximate surface area is 157 Å². The molecule has 0 bridgehead atoms. The van der Waals surface area contributed by atoms with Gasteiger partial charge in [-0.1, -0.05) is 0 Å². The minimum atomic E-state index is -1.30. The molecule has 1 atom stereocenters. The van der Waals surface area contributed by atoms with Crippen molar-refractivity contribution in [2.75, 3.05) is 5.32 Å². The van der Waals surface area contributed by atoms with E-state index in [2.05, 4.69) is 30.2 Å². The molecule has 0 aliphatic heterocycles. The highest BCUT2D eigenvalue weighted by molar-refractivity contribution is 6.01. The standard InChI is InChI=1S/C18H16FN7O2/c1-8(24-16-13-15(21-6-20-13)22-7-23-16)17-25-11-5-4-10(19)12(18(27)28)14(11)26(17)9-2-3-9/h4-9H,2-3H2,1H3,(H,27,28)(H2,20,21,22,23,24)/t8-/m0/s1. The molecule has 10 heteroatoms. The van der Waals surface area contributed by atoms with Gasteiger partial charge in [0.2, 0.25) is 0 Å². The molecular formula is C18H16FN7O2. The van der Waals surface area contributed by atoms with Gasteiger partial charge in [-0.3, -0.25) is 0 Å². The van der Waals surface area contributed by atoms with Gasteiger partial charge in [0.05, 0.1) is 23.4 Å². The molecule has 3 heterocycles. The number of aromatic amines is 1. The lowest BCUT2D eigenvalue weighted by Gasteiger charge is -2.17. The van der Waals surface area contributed by atoms with Crippen LogP contribution in [0.5, 0.6) is 0 Å². The van der Waals surface area contributed by atoms with E-state index in [-0.39, 0.29) is 17.6 Å². The monoisotopic (exact) mass is 381 g/mol. The Hall–Kier alpha value is -3.56. The summed E-state index contributed by atoms with van der Waals surface area (Å²) < 4.78 is 16.1. The van der Waals surface area contributed by atoms with Crippen LogP contribution in [0.3, 0.4) is 0 Å².